The van der Waals surface area contributed by atoms with E-state index in [4.69, 9.17) is 4.74 Å². The van der Waals surface area contributed by atoms with Gasteiger partial charge in [-0.1, -0.05) is 18.2 Å². The Balaban J connectivity index is 2.69. The fourth-order valence-corrected chi connectivity index (χ4v) is 0.997. The molecular weight excluding hydrogens is 136 g/mol. The molecule has 0 fully saturated rings. The normalized spacial score (nSPS) is 16.9. The third-order valence-electron chi connectivity index (χ3n) is 1.76. The molecule has 1 aliphatic rings. The zero-order chi connectivity index (χ0) is 8.27. The van der Waals surface area contributed by atoms with E-state index in [0.29, 0.717) is 0 Å². The van der Waals surface area contributed by atoms with Crippen molar-refractivity contribution in [1.29, 1.82) is 0 Å². The van der Waals surface area contributed by atoms with Crippen LogP contribution in [-0.2, 0) is 4.74 Å². The van der Waals surface area contributed by atoms with Crippen LogP contribution >= 0.6 is 0 Å². The minimum absolute atomic E-state index is 0.939. The molecule has 0 heterocycles. The number of ether oxygens (including phenoxy) is 1. The standard InChI is InChI=1S/C10H13O/c1-8(2)9-4-6-10(11-3)7-5-9/h4,6-7H,1,5H2,2-3H3. The lowest BCUT2D eigenvalue weighted by Crippen LogP contribution is -1.96. The van der Waals surface area contributed by atoms with Crippen molar-refractivity contribution in [2.75, 3.05) is 7.11 Å². The van der Waals surface area contributed by atoms with Crippen molar-refractivity contribution in [1.82, 2.24) is 0 Å². The van der Waals surface area contributed by atoms with Crippen molar-refractivity contribution >= 4 is 0 Å². The fraction of sp³-hybridized carbons (Fsp3) is 0.300. The predicted molar refractivity (Wildman–Crippen MR) is 46.9 cm³/mol. The van der Waals surface area contributed by atoms with Crippen LogP contribution in [0.2, 0.25) is 0 Å². The van der Waals surface area contributed by atoms with E-state index in [9.17, 15) is 0 Å². The summed E-state index contributed by atoms with van der Waals surface area (Å²) in [5.74, 6) is 0.940. The molecule has 0 spiro atoms. The molecule has 0 amide bonds. The second-order valence-electron chi connectivity index (χ2n) is 2.65. The molecular formula is C10H13O. The van der Waals surface area contributed by atoms with E-state index >= 15 is 0 Å². The van der Waals surface area contributed by atoms with E-state index in [2.05, 4.69) is 19.1 Å². The highest BCUT2D eigenvalue weighted by Crippen LogP contribution is 2.21. The van der Waals surface area contributed by atoms with Crippen LogP contribution in [0.4, 0.5) is 0 Å². The predicted octanol–water partition coefficient (Wildman–Crippen LogP) is 2.63. The number of rotatable bonds is 2. The summed E-state index contributed by atoms with van der Waals surface area (Å²) in [5.41, 5.74) is 2.42. The molecule has 1 rings (SSSR count). The summed E-state index contributed by atoms with van der Waals surface area (Å²) >= 11 is 0. The van der Waals surface area contributed by atoms with Gasteiger partial charge in [0.1, 0.15) is 0 Å². The molecule has 0 unspecified atom stereocenters. The molecule has 0 aromatic heterocycles. The van der Waals surface area contributed by atoms with Crippen LogP contribution in [-0.4, -0.2) is 7.11 Å². The molecule has 0 aromatic rings. The molecule has 0 saturated heterocycles. The maximum atomic E-state index is 5.05. The zero-order valence-electron chi connectivity index (χ0n) is 7.05. The average Bonchev–Trinajstić information content (AvgIpc) is 2.05. The summed E-state index contributed by atoms with van der Waals surface area (Å²) in [6.07, 6.45) is 7.02. The Labute approximate surface area is 68.1 Å². The van der Waals surface area contributed by atoms with Gasteiger partial charge in [-0.15, -0.1) is 0 Å². The second-order valence-corrected chi connectivity index (χ2v) is 2.65. The topological polar surface area (TPSA) is 9.23 Å². The lowest BCUT2D eigenvalue weighted by Gasteiger charge is -2.12. The van der Waals surface area contributed by atoms with Crippen LogP contribution in [0.1, 0.15) is 13.3 Å². The highest BCUT2D eigenvalue weighted by atomic mass is 16.5. The van der Waals surface area contributed by atoms with Crippen molar-refractivity contribution in [3.63, 3.8) is 0 Å². The van der Waals surface area contributed by atoms with Gasteiger partial charge < -0.3 is 4.74 Å². The van der Waals surface area contributed by atoms with Gasteiger partial charge in [0.2, 0.25) is 0 Å². The Morgan fingerprint density at radius 3 is 2.64 bits per heavy atom. The monoisotopic (exact) mass is 149 g/mol. The molecule has 0 atom stereocenters. The fourth-order valence-electron chi connectivity index (χ4n) is 0.997. The van der Waals surface area contributed by atoms with Crippen LogP contribution in [0.3, 0.4) is 0 Å². The van der Waals surface area contributed by atoms with Gasteiger partial charge in [0.25, 0.3) is 0 Å². The van der Waals surface area contributed by atoms with Crippen LogP contribution in [0.25, 0.3) is 0 Å². The molecule has 0 bridgehead atoms. The molecule has 1 nitrogen and oxygen atoms in total. The van der Waals surface area contributed by atoms with E-state index in [-0.39, 0.29) is 0 Å². The third kappa shape index (κ3) is 1.97. The Bertz CT molecular complexity index is 221. The lowest BCUT2D eigenvalue weighted by atomic mass is 9.99. The van der Waals surface area contributed by atoms with Crippen molar-refractivity contribution in [2.24, 2.45) is 0 Å². The molecule has 59 valence electrons. The highest BCUT2D eigenvalue weighted by Gasteiger charge is 2.06. The van der Waals surface area contributed by atoms with Gasteiger partial charge in [0.15, 0.2) is 0 Å². The summed E-state index contributed by atoms with van der Waals surface area (Å²) in [6.45, 7) is 5.89. The molecule has 1 heteroatoms. The first-order valence-corrected chi connectivity index (χ1v) is 3.68. The number of hydrogen-bond donors (Lipinski definition) is 0. The van der Waals surface area contributed by atoms with Gasteiger partial charge >= 0.3 is 0 Å². The summed E-state index contributed by atoms with van der Waals surface area (Å²) < 4.78 is 5.05. The first kappa shape index (κ1) is 8.12. The largest absolute Gasteiger partial charge is 0.501 e. The van der Waals surface area contributed by atoms with Gasteiger partial charge in [-0.3, -0.25) is 0 Å². The van der Waals surface area contributed by atoms with Crippen LogP contribution in [0.5, 0.6) is 0 Å². The quantitative estimate of drug-likeness (QED) is 0.586. The first-order chi connectivity index (χ1) is 5.24. The summed E-state index contributed by atoms with van der Waals surface area (Å²) in [6, 6.07) is 0. The second kappa shape index (κ2) is 3.42. The van der Waals surface area contributed by atoms with E-state index in [0.717, 1.165) is 17.8 Å². The molecule has 1 aliphatic carbocycles. The smallest absolute Gasteiger partial charge is 0.0997 e. The molecule has 0 aromatic carbocycles. The molecule has 0 N–H and O–H groups in total. The Hall–Kier alpha value is -0.980. The summed E-state index contributed by atoms with van der Waals surface area (Å²) in [5, 5.41) is 0. The molecule has 0 saturated carbocycles. The van der Waals surface area contributed by atoms with Crippen LogP contribution < -0.4 is 0 Å². The maximum Gasteiger partial charge on any atom is 0.0997 e. The Morgan fingerprint density at radius 2 is 2.27 bits per heavy atom. The van der Waals surface area contributed by atoms with Crippen molar-refractivity contribution < 1.29 is 4.74 Å². The van der Waals surface area contributed by atoms with Crippen LogP contribution in [0, 0.1) is 6.42 Å². The Morgan fingerprint density at radius 1 is 1.55 bits per heavy atom. The molecule has 11 heavy (non-hydrogen) atoms. The number of hydrogen-bond acceptors (Lipinski definition) is 1. The minimum atomic E-state index is 0.939. The van der Waals surface area contributed by atoms with E-state index in [1.54, 1.807) is 7.11 Å². The average molecular weight is 149 g/mol. The van der Waals surface area contributed by atoms with Crippen molar-refractivity contribution in [3.05, 3.63) is 42.1 Å². The van der Waals surface area contributed by atoms with Gasteiger partial charge in [0.05, 0.1) is 12.9 Å². The van der Waals surface area contributed by atoms with Crippen molar-refractivity contribution in [2.45, 2.75) is 13.3 Å². The molecule has 1 radical (unpaired) electrons. The first-order valence-electron chi connectivity index (χ1n) is 3.68. The van der Waals surface area contributed by atoms with Gasteiger partial charge in [-0.05, 0) is 25.0 Å². The molecule has 0 aliphatic heterocycles. The summed E-state index contributed by atoms with van der Waals surface area (Å²) in [4.78, 5) is 0. The van der Waals surface area contributed by atoms with Gasteiger partial charge in [-0.25, -0.2) is 0 Å². The van der Waals surface area contributed by atoms with Gasteiger partial charge in [0, 0.05) is 6.42 Å². The minimum Gasteiger partial charge on any atom is -0.501 e. The van der Waals surface area contributed by atoms with Gasteiger partial charge in [-0.2, -0.15) is 0 Å². The number of allylic oxidation sites excluding steroid dienone is 5. The van der Waals surface area contributed by atoms with E-state index < -0.39 is 0 Å². The highest BCUT2D eigenvalue weighted by molar-refractivity contribution is 5.37. The third-order valence-corrected chi connectivity index (χ3v) is 1.76. The summed E-state index contributed by atoms with van der Waals surface area (Å²) in [7, 11) is 1.68. The van der Waals surface area contributed by atoms with E-state index in [1.165, 1.54) is 5.57 Å². The Kier molecular flexibility index (Phi) is 2.53. The van der Waals surface area contributed by atoms with Crippen molar-refractivity contribution in [3.8, 4) is 0 Å². The SMILES string of the molecule is C=C(C)C1=CC=C(OC)[CH]C1. The number of methoxy groups -OCH3 is 1. The van der Waals surface area contributed by atoms with Crippen LogP contribution in [0.15, 0.2) is 35.6 Å². The van der Waals surface area contributed by atoms with E-state index in [1.807, 2.05) is 13.0 Å². The maximum absolute atomic E-state index is 5.05. The zero-order valence-corrected chi connectivity index (χ0v) is 7.05. The lowest BCUT2D eigenvalue weighted by molar-refractivity contribution is 0.296.